The molecule has 1 unspecified atom stereocenters. The van der Waals surface area contributed by atoms with Crippen LogP contribution in [0.15, 0.2) is 27.8 Å². The highest BCUT2D eigenvalue weighted by Gasteiger charge is 2.21. The van der Waals surface area contributed by atoms with Gasteiger partial charge in [0, 0.05) is 24.8 Å². The van der Waals surface area contributed by atoms with Gasteiger partial charge in [0.15, 0.2) is 5.58 Å². The smallest absolute Gasteiger partial charge is 0.257 e. The number of rotatable bonds is 5. The van der Waals surface area contributed by atoms with Crippen LogP contribution in [0.3, 0.4) is 0 Å². The van der Waals surface area contributed by atoms with Crippen molar-refractivity contribution in [3.63, 3.8) is 0 Å². The summed E-state index contributed by atoms with van der Waals surface area (Å²) in [5.74, 6) is 0.0989. The van der Waals surface area contributed by atoms with Gasteiger partial charge >= 0.3 is 0 Å². The fraction of sp³-hybridized carbons (Fsp3) is 0.429. The highest BCUT2D eigenvalue weighted by molar-refractivity contribution is 8.00. The van der Waals surface area contributed by atoms with E-state index in [2.05, 4.69) is 4.98 Å². The van der Waals surface area contributed by atoms with Gasteiger partial charge < -0.3 is 15.1 Å². The molecule has 0 saturated heterocycles. The number of oxazole rings is 1. The number of carbonyl (C=O) groups is 1. The van der Waals surface area contributed by atoms with Crippen LogP contribution >= 0.6 is 11.8 Å². The first-order valence-corrected chi connectivity index (χ1v) is 7.54. The minimum absolute atomic E-state index is 0.0989. The molecule has 0 spiro atoms. The average Bonchev–Trinajstić information content (AvgIpc) is 2.81. The third kappa shape index (κ3) is 3.07. The molecule has 20 heavy (non-hydrogen) atoms. The summed E-state index contributed by atoms with van der Waals surface area (Å²) in [7, 11) is 0. The number of amides is 1. The van der Waals surface area contributed by atoms with Crippen molar-refractivity contribution in [1.82, 2.24) is 9.88 Å². The lowest BCUT2D eigenvalue weighted by Gasteiger charge is -2.21. The molecule has 0 fully saturated rings. The molecule has 1 heterocycles. The summed E-state index contributed by atoms with van der Waals surface area (Å²) in [6.07, 6.45) is 0. The normalized spacial score (nSPS) is 12.6. The van der Waals surface area contributed by atoms with Gasteiger partial charge in [0.05, 0.1) is 5.25 Å². The molecule has 1 amide bonds. The summed E-state index contributed by atoms with van der Waals surface area (Å²) in [6, 6.07) is 5.34. The Balaban J connectivity index is 2.13. The molecule has 108 valence electrons. The van der Waals surface area contributed by atoms with E-state index in [1.807, 2.05) is 26.8 Å². The molecule has 0 aliphatic rings. The Morgan fingerprint density at radius 2 is 2.15 bits per heavy atom. The van der Waals surface area contributed by atoms with E-state index >= 15 is 0 Å². The number of thioether (sulfide) groups is 1. The molecule has 1 aromatic carbocycles. The molecule has 1 aromatic heterocycles. The second-order valence-electron chi connectivity index (χ2n) is 4.48. The molecule has 5 nitrogen and oxygen atoms in total. The first kappa shape index (κ1) is 14.7. The minimum atomic E-state index is -0.222. The molecular formula is C14H19N3O2S. The molecule has 2 rings (SSSR count). The van der Waals surface area contributed by atoms with E-state index in [-0.39, 0.29) is 11.2 Å². The van der Waals surface area contributed by atoms with E-state index in [1.54, 1.807) is 17.0 Å². The second-order valence-corrected chi connectivity index (χ2v) is 5.77. The van der Waals surface area contributed by atoms with E-state index in [0.29, 0.717) is 29.6 Å². The van der Waals surface area contributed by atoms with Gasteiger partial charge in [-0.3, -0.25) is 4.79 Å². The number of carbonyl (C=O) groups excluding carboxylic acids is 1. The predicted octanol–water partition coefficient (Wildman–Crippen LogP) is 2.76. The standard InChI is InChI=1S/C14H19N3O2S/c1-4-17(5-2)13(18)9(3)20-14-16-11-7-6-10(15)8-12(11)19-14/h6-9H,4-5,15H2,1-3H3. The van der Waals surface area contributed by atoms with Crippen molar-refractivity contribution < 1.29 is 9.21 Å². The first-order chi connectivity index (χ1) is 9.55. The number of benzene rings is 1. The number of nitrogens with zero attached hydrogens (tertiary/aromatic N) is 2. The molecule has 6 heteroatoms. The topological polar surface area (TPSA) is 72.4 Å². The zero-order chi connectivity index (χ0) is 14.7. The Labute approximate surface area is 122 Å². The Morgan fingerprint density at radius 1 is 1.45 bits per heavy atom. The lowest BCUT2D eigenvalue weighted by molar-refractivity contribution is -0.129. The SMILES string of the molecule is CCN(CC)C(=O)C(C)Sc1nc2ccc(N)cc2o1. The van der Waals surface area contributed by atoms with Gasteiger partial charge in [0.1, 0.15) is 5.52 Å². The van der Waals surface area contributed by atoms with Crippen LogP contribution in [0, 0.1) is 0 Å². The maximum Gasteiger partial charge on any atom is 0.257 e. The average molecular weight is 293 g/mol. The molecule has 1 atom stereocenters. The summed E-state index contributed by atoms with van der Waals surface area (Å²) < 4.78 is 5.62. The number of anilines is 1. The molecule has 2 aromatic rings. The monoisotopic (exact) mass is 293 g/mol. The zero-order valence-corrected chi connectivity index (χ0v) is 12.7. The van der Waals surface area contributed by atoms with Crippen LogP contribution in [-0.2, 0) is 4.79 Å². The Hall–Kier alpha value is -1.69. The molecular weight excluding hydrogens is 274 g/mol. The summed E-state index contributed by atoms with van der Waals surface area (Å²) >= 11 is 1.33. The maximum absolute atomic E-state index is 12.2. The molecule has 0 saturated carbocycles. The quantitative estimate of drug-likeness (QED) is 0.678. The van der Waals surface area contributed by atoms with Crippen molar-refractivity contribution in [3.8, 4) is 0 Å². The molecule has 0 aliphatic carbocycles. The van der Waals surface area contributed by atoms with Crippen LogP contribution < -0.4 is 5.73 Å². The van der Waals surface area contributed by atoms with Crippen molar-refractivity contribution in [1.29, 1.82) is 0 Å². The zero-order valence-electron chi connectivity index (χ0n) is 11.9. The number of hydrogen-bond donors (Lipinski definition) is 1. The van der Waals surface area contributed by atoms with Crippen molar-refractivity contribution in [2.24, 2.45) is 0 Å². The van der Waals surface area contributed by atoms with Crippen molar-refractivity contribution in [2.45, 2.75) is 31.2 Å². The number of nitrogens with two attached hydrogens (primary N) is 1. The number of nitrogen functional groups attached to an aromatic ring is 1. The van der Waals surface area contributed by atoms with E-state index in [0.717, 1.165) is 5.52 Å². The lowest BCUT2D eigenvalue weighted by atomic mass is 10.3. The van der Waals surface area contributed by atoms with Crippen molar-refractivity contribution in [3.05, 3.63) is 18.2 Å². The van der Waals surface area contributed by atoms with Gasteiger partial charge in [0.2, 0.25) is 5.91 Å². The van der Waals surface area contributed by atoms with Gasteiger partial charge in [-0.15, -0.1) is 0 Å². The third-order valence-corrected chi connectivity index (χ3v) is 4.02. The number of fused-ring (bicyclic) bond motifs is 1. The van der Waals surface area contributed by atoms with Gasteiger partial charge in [-0.2, -0.15) is 0 Å². The van der Waals surface area contributed by atoms with Crippen LogP contribution in [0.1, 0.15) is 20.8 Å². The van der Waals surface area contributed by atoms with Crippen LogP contribution in [0.5, 0.6) is 0 Å². The Kier molecular flexibility index (Phi) is 4.54. The molecule has 2 N–H and O–H groups in total. The lowest BCUT2D eigenvalue weighted by Crippen LogP contribution is -2.36. The Morgan fingerprint density at radius 3 is 2.80 bits per heavy atom. The van der Waals surface area contributed by atoms with Crippen LogP contribution in [0.25, 0.3) is 11.1 Å². The summed E-state index contributed by atoms with van der Waals surface area (Å²) in [4.78, 5) is 18.4. The minimum Gasteiger partial charge on any atom is -0.431 e. The van der Waals surface area contributed by atoms with E-state index in [1.165, 1.54) is 11.8 Å². The second kappa shape index (κ2) is 6.17. The number of aromatic nitrogens is 1. The van der Waals surface area contributed by atoms with Crippen LogP contribution in [-0.4, -0.2) is 34.1 Å². The fourth-order valence-electron chi connectivity index (χ4n) is 1.96. The highest BCUT2D eigenvalue weighted by atomic mass is 32.2. The van der Waals surface area contributed by atoms with Gasteiger partial charge in [-0.25, -0.2) is 4.98 Å². The van der Waals surface area contributed by atoms with Crippen molar-refractivity contribution in [2.75, 3.05) is 18.8 Å². The fourth-order valence-corrected chi connectivity index (χ4v) is 2.81. The highest BCUT2D eigenvalue weighted by Crippen LogP contribution is 2.28. The Bertz CT molecular complexity index is 607. The third-order valence-electron chi connectivity index (χ3n) is 3.09. The predicted molar refractivity (Wildman–Crippen MR) is 81.7 cm³/mol. The largest absolute Gasteiger partial charge is 0.431 e. The molecule has 0 aliphatic heterocycles. The summed E-state index contributed by atoms with van der Waals surface area (Å²) in [5.41, 5.74) is 7.74. The van der Waals surface area contributed by atoms with Crippen LogP contribution in [0.2, 0.25) is 0 Å². The molecule has 0 radical (unpaired) electrons. The molecule has 0 bridgehead atoms. The van der Waals surface area contributed by atoms with E-state index in [4.69, 9.17) is 10.2 Å². The van der Waals surface area contributed by atoms with Gasteiger partial charge in [-0.05, 0) is 32.9 Å². The van der Waals surface area contributed by atoms with E-state index in [9.17, 15) is 4.79 Å². The summed E-state index contributed by atoms with van der Waals surface area (Å²) in [5, 5.41) is 0.277. The van der Waals surface area contributed by atoms with Crippen molar-refractivity contribution >= 4 is 34.5 Å². The van der Waals surface area contributed by atoms with Gasteiger partial charge in [0.25, 0.3) is 5.22 Å². The van der Waals surface area contributed by atoms with E-state index < -0.39 is 0 Å². The first-order valence-electron chi connectivity index (χ1n) is 6.66. The maximum atomic E-state index is 12.2. The summed E-state index contributed by atoms with van der Waals surface area (Å²) in [6.45, 7) is 7.24. The van der Waals surface area contributed by atoms with Crippen LogP contribution in [0.4, 0.5) is 5.69 Å². The van der Waals surface area contributed by atoms with Gasteiger partial charge in [-0.1, -0.05) is 11.8 Å². The number of hydrogen-bond acceptors (Lipinski definition) is 5.